The lowest BCUT2D eigenvalue weighted by atomic mass is 10.0. The minimum absolute atomic E-state index is 0.0857. The van der Waals surface area contributed by atoms with Crippen molar-refractivity contribution in [1.82, 2.24) is 19.7 Å². The molecule has 7 heteroatoms. The van der Waals surface area contributed by atoms with Gasteiger partial charge in [0.2, 0.25) is 5.95 Å². The van der Waals surface area contributed by atoms with Crippen LogP contribution in [0, 0.1) is 5.92 Å². The molecule has 0 unspecified atom stereocenters. The predicted molar refractivity (Wildman–Crippen MR) is 63.3 cm³/mol. The number of ketones is 1. The van der Waals surface area contributed by atoms with Gasteiger partial charge in [-0.1, -0.05) is 13.8 Å². The number of carbonyl (C=O) groups is 1. The zero-order valence-corrected chi connectivity index (χ0v) is 10.4. The quantitative estimate of drug-likeness (QED) is 0.797. The number of alkyl halides is 2. The van der Waals surface area contributed by atoms with Crippen molar-refractivity contribution in [1.29, 1.82) is 0 Å². The van der Waals surface area contributed by atoms with Crippen LogP contribution < -0.4 is 0 Å². The third-order valence-corrected chi connectivity index (χ3v) is 2.50. The zero-order chi connectivity index (χ0) is 14.0. The highest BCUT2D eigenvalue weighted by atomic mass is 19.3. The minimum Gasteiger partial charge on any atom is -0.294 e. The highest BCUT2D eigenvalue weighted by Gasteiger charge is 2.25. The Balaban J connectivity index is 2.50. The van der Waals surface area contributed by atoms with Crippen molar-refractivity contribution in [2.45, 2.75) is 20.3 Å². The van der Waals surface area contributed by atoms with Gasteiger partial charge in [-0.25, -0.2) is 23.4 Å². The summed E-state index contributed by atoms with van der Waals surface area (Å²) in [7, 11) is 0. The number of aromatic nitrogens is 4. The number of halogens is 2. The lowest BCUT2D eigenvalue weighted by Crippen LogP contribution is -2.09. The second-order valence-electron chi connectivity index (χ2n) is 4.24. The number of carbonyl (C=O) groups excluding carboxylic acids is 1. The molecule has 0 saturated heterocycles. The van der Waals surface area contributed by atoms with Crippen LogP contribution in [0.1, 0.15) is 36.3 Å². The average molecular weight is 266 g/mol. The summed E-state index contributed by atoms with van der Waals surface area (Å²) in [6.45, 7) is 3.29. The molecule has 0 aliphatic rings. The molecular formula is C12H12F2N4O. The van der Waals surface area contributed by atoms with Gasteiger partial charge in [-0.05, 0) is 6.07 Å². The fourth-order valence-electron chi connectivity index (χ4n) is 1.56. The maximum atomic E-state index is 12.9. The van der Waals surface area contributed by atoms with Crippen molar-refractivity contribution < 1.29 is 13.6 Å². The van der Waals surface area contributed by atoms with E-state index in [4.69, 9.17) is 0 Å². The Hall–Kier alpha value is -2.18. The van der Waals surface area contributed by atoms with E-state index in [1.807, 2.05) is 0 Å². The second-order valence-corrected chi connectivity index (χ2v) is 4.24. The highest BCUT2D eigenvalue weighted by molar-refractivity contribution is 5.98. The van der Waals surface area contributed by atoms with E-state index in [1.54, 1.807) is 19.9 Å². The normalized spacial score (nSPS) is 11.3. The van der Waals surface area contributed by atoms with Gasteiger partial charge < -0.3 is 0 Å². The summed E-state index contributed by atoms with van der Waals surface area (Å²) in [5, 5.41) is 3.70. The van der Waals surface area contributed by atoms with Crippen molar-refractivity contribution in [3.05, 3.63) is 35.9 Å². The molecule has 0 amide bonds. The molecular weight excluding hydrogens is 254 g/mol. The van der Waals surface area contributed by atoms with E-state index in [1.165, 1.54) is 18.6 Å². The van der Waals surface area contributed by atoms with Crippen molar-refractivity contribution >= 4 is 5.78 Å². The lowest BCUT2D eigenvalue weighted by Gasteiger charge is -2.02. The summed E-state index contributed by atoms with van der Waals surface area (Å²) >= 11 is 0. The van der Waals surface area contributed by atoms with Gasteiger partial charge in [-0.15, -0.1) is 0 Å². The summed E-state index contributed by atoms with van der Waals surface area (Å²) in [6, 6.07) is 1.60. The van der Waals surface area contributed by atoms with Gasteiger partial charge in [-0.3, -0.25) is 4.79 Å². The van der Waals surface area contributed by atoms with Gasteiger partial charge in [0, 0.05) is 24.5 Å². The zero-order valence-electron chi connectivity index (χ0n) is 10.4. The average Bonchev–Trinajstić information content (AvgIpc) is 2.83. The van der Waals surface area contributed by atoms with Gasteiger partial charge in [0.25, 0.3) is 6.43 Å². The van der Waals surface area contributed by atoms with E-state index in [2.05, 4.69) is 15.1 Å². The Morgan fingerprint density at radius 1 is 1.26 bits per heavy atom. The molecule has 0 N–H and O–H groups in total. The topological polar surface area (TPSA) is 60.7 Å². The van der Waals surface area contributed by atoms with Crippen molar-refractivity contribution in [2.24, 2.45) is 5.92 Å². The second kappa shape index (κ2) is 5.21. The number of hydrogen-bond acceptors (Lipinski definition) is 4. The third kappa shape index (κ3) is 2.64. The molecule has 0 saturated carbocycles. The van der Waals surface area contributed by atoms with Crippen molar-refractivity contribution in [2.75, 3.05) is 0 Å². The monoisotopic (exact) mass is 266 g/mol. The van der Waals surface area contributed by atoms with Crippen LogP contribution in [0.2, 0.25) is 0 Å². The van der Waals surface area contributed by atoms with Gasteiger partial charge in [0.05, 0.1) is 5.56 Å². The number of nitrogens with zero attached hydrogens (tertiary/aromatic N) is 4. The van der Waals surface area contributed by atoms with Crippen LogP contribution in [0.3, 0.4) is 0 Å². The molecule has 2 aromatic rings. The minimum atomic E-state index is -2.82. The Morgan fingerprint density at radius 3 is 2.42 bits per heavy atom. The van der Waals surface area contributed by atoms with Crippen LogP contribution in [0.4, 0.5) is 8.78 Å². The summed E-state index contributed by atoms with van der Waals surface area (Å²) in [4.78, 5) is 19.7. The molecule has 0 spiro atoms. The Labute approximate surface area is 108 Å². The van der Waals surface area contributed by atoms with Crippen LogP contribution in [0.5, 0.6) is 0 Å². The van der Waals surface area contributed by atoms with Crippen LogP contribution in [0.15, 0.2) is 24.7 Å². The SMILES string of the molecule is CC(C)C(=O)c1cn(-c2ncccn2)nc1C(F)F. The first-order valence-corrected chi connectivity index (χ1v) is 5.70. The Morgan fingerprint density at radius 2 is 1.89 bits per heavy atom. The molecule has 0 atom stereocenters. The molecule has 19 heavy (non-hydrogen) atoms. The summed E-state index contributed by atoms with van der Waals surface area (Å²) < 4.78 is 26.9. The van der Waals surface area contributed by atoms with E-state index in [9.17, 15) is 13.6 Å². The molecule has 0 bridgehead atoms. The molecule has 5 nitrogen and oxygen atoms in total. The first-order valence-electron chi connectivity index (χ1n) is 5.70. The van der Waals surface area contributed by atoms with E-state index in [0.29, 0.717) is 0 Å². The number of Topliss-reactive ketones (excluding diaryl/α,β-unsaturated/α-hetero) is 1. The summed E-state index contributed by atoms with van der Waals surface area (Å²) in [5.41, 5.74) is -0.622. The van der Waals surface area contributed by atoms with E-state index >= 15 is 0 Å². The third-order valence-electron chi connectivity index (χ3n) is 2.50. The molecule has 2 heterocycles. The Kier molecular flexibility index (Phi) is 3.64. The predicted octanol–water partition coefficient (Wildman–Crippen LogP) is 2.44. The van der Waals surface area contributed by atoms with Gasteiger partial charge >= 0.3 is 0 Å². The van der Waals surface area contributed by atoms with Crippen LogP contribution in [0.25, 0.3) is 5.95 Å². The molecule has 0 aromatic carbocycles. The first-order chi connectivity index (χ1) is 9.00. The molecule has 2 rings (SSSR count). The van der Waals surface area contributed by atoms with Crippen LogP contribution >= 0.6 is 0 Å². The molecule has 0 aliphatic heterocycles. The molecule has 0 fully saturated rings. The largest absolute Gasteiger partial charge is 0.294 e. The first kappa shape index (κ1) is 13.3. The Bertz CT molecular complexity index is 581. The molecule has 0 aliphatic carbocycles. The molecule has 0 radical (unpaired) electrons. The number of rotatable bonds is 4. The smallest absolute Gasteiger partial charge is 0.282 e. The van der Waals surface area contributed by atoms with E-state index in [0.717, 1.165) is 4.68 Å². The molecule has 2 aromatic heterocycles. The van der Waals surface area contributed by atoms with Gasteiger partial charge in [0.1, 0.15) is 5.69 Å². The summed E-state index contributed by atoms with van der Waals surface area (Å²) in [6.07, 6.45) is 1.37. The van der Waals surface area contributed by atoms with Gasteiger partial charge in [0.15, 0.2) is 5.78 Å². The lowest BCUT2D eigenvalue weighted by molar-refractivity contribution is 0.0925. The van der Waals surface area contributed by atoms with Crippen LogP contribution in [-0.4, -0.2) is 25.5 Å². The summed E-state index contributed by atoms with van der Waals surface area (Å²) in [5.74, 6) is -0.614. The fourth-order valence-corrected chi connectivity index (χ4v) is 1.56. The number of hydrogen-bond donors (Lipinski definition) is 0. The van der Waals surface area contributed by atoms with E-state index in [-0.39, 0.29) is 23.2 Å². The maximum absolute atomic E-state index is 12.9. The van der Waals surface area contributed by atoms with Crippen molar-refractivity contribution in [3.8, 4) is 5.95 Å². The van der Waals surface area contributed by atoms with Gasteiger partial charge in [-0.2, -0.15) is 5.10 Å². The fraction of sp³-hybridized carbons (Fsp3) is 0.333. The van der Waals surface area contributed by atoms with Crippen molar-refractivity contribution in [3.63, 3.8) is 0 Å². The molecule has 100 valence electrons. The maximum Gasteiger partial charge on any atom is 0.282 e. The van der Waals surface area contributed by atoms with E-state index < -0.39 is 12.1 Å². The standard InChI is InChI=1S/C12H12F2N4O/c1-7(2)10(19)8-6-18(17-9(8)11(13)14)12-15-4-3-5-16-12/h3-7,11H,1-2H3. The van der Waals surface area contributed by atoms with Crippen LogP contribution in [-0.2, 0) is 0 Å². The highest BCUT2D eigenvalue weighted by Crippen LogP contribution is 2.24.